The Bertz CT molecular complexity index is 284. The second-order valence-electron chi connectivity index (χ2n) is 3.74. The average molecular weight is 220 g/mol. The molecule has 1 aliphatic rings. The Morgan fingerprint density at radius 3 is 2.43 bits per heavy atom. The van der Waals surface area contributed by atoms with E-state index in [9.17, 15) is 13.2 Å². The van der Waals surface area contributed by atoms with Gasteiger partial charge < -0.3 is 4.74 Å². The fourth-order valence-corrected chi connectivity index (χ4v) is 1.85. The molecule has 0 aliphatic heterocycles. The molecular formula is C9H16O4S. The topological polar surface area (TPSA) is 60.4 Å². The summed E-state index contributed by atoms with van der Waals surface area (Å²) in [6.45, 7) is 0.248. The second-order valence-corrected chi connectivity index (χ2v) is 6.00. The number of hydrogen-bond donors (Lipinski definition) is 0. The van der Waals surface area contributed by atoms with Crippen LogP contribution in [-0.2, 0) is 19.4 Å². The molecule has 0 spiro atoms. The van der Waals surface area contributed by atoms with Gasteiger partial charge in [0, 0.05) is 19.1 Å². The number of ether oxygens (including phenoxy) is 1. The maximum absolute atomic E-state index is 10.9. The minimum absolute atomic E-state index is 0.0669. The predicted molar refractivity (Wildman–Crippen MR) is 52.9 cm³/mol. The molecule has 0 aromatic carbocycles. The van der Waals surface area contributed by atoms with Gasteiger partial charge in [-0.15, -0.1) is 0 Å². The molecule has 1 saturated carbocycles. The monoisotopic (exact) mass is 220 g/mol. The summed E-state index contributed by atoms with van der Waals surface area (Å²) in [7, 11) is -2.93. The van der Waals surface area contributed by atoms with Gasteiger partial charge in [-0.05, 0) is 12.8 Å². The van der Waals surface area contributed by atoms with Crippen LogP contribution < -0.4 is 0 Å². The van der Waals surface area contributed by atoms with Gasteiger partial charge in [0.05, 0.1) is 18.5 Å². The van der Waals surface area contributed by atoms with Crippen molar-refractivity contribution in [2.45, 2.75) is 31.8 Å². The van der Waals surface area contributed by atoms with Crippen molar-refractivity contribution in [3.8, 4) is 0 Å². The van der Waals surface area contributed by atoms with E-state index in [4.69, 9.17) is 4.74 Å². The van der Waals surface area contributed by atoms with Crippen molar-refractivity contribution < 1.29 is 17.9 Å². The molecule has 0 saturated heterocycles. The van der Waals surface area contributed by atoms with E-state index >= 15 is 0 Å². The zero-order chi connectivity index (χ0) is 10.6. The van der Waals surface area contributed by atoms with Crippen LogP contribution in [0.25, 0.3) is 0 Å². The van der Waals surface area contributed by atoms with Crippen molar-refractivity contribution in [3.63, 3.8) is 0 Å². The number of Topliss-reactive ketones (excluding diaryl/α,β-unsaturated/α-hetero) is 1. The molecule has 0 aromatic rings. The normalized spacial score (nSPS) is 19.9. The van der Waals surface area contributed by atoms with Crippen molar-refractivity contribution in [1.82, 2.24) is 0 Å². The molecular weight excluding hydrogens is 204 g/mol. The van der Waals surface area contributed by atoms with E-state index in [2.05, 4.69) is 0 Å². The molecule has 1 fully saturated rings. The lowest BCUT2D eigenvalue weighted by Crippen LogP contribution is -2.23. The Kier molecular flexibility index (Phi) is 4.07. The first-order valence-electron chi connectivity index (χ1n) is 4.78. The lowest BCUT2D eigenvalue weighted by atomic mass is 9.97. The van der Waals surface area contributed by atoms with Crippen LogP contribution in [0.15, 0.2) is 0 Å². The van der Waals surface area contributed by atoms with Gasteiger partial charge in [0.1, 0.15) is 15.6 Å². The van der Waals surface area contributed by atoms with Crippen molar-refractivity contribution in [2.24, 2.45) is 0 Å². The van der Waals surface area contributed by atoms with Crippen LogP contribution in [0.4, 0.5) is 0 Å². The number of carbonyl (C=O) groups is 1. The summed E-state index contributed by atoms with van der Waals surface area (Å²) in [5.74, 6) is 0.352. The minimum Gasteiger partial charge on any atom is -0.377 e. The van der Waals surface area contributed by atoms with Crippen molar-refractivity contribution in [2.75, 3.05) is 18.6 Å². The minimum atomic E-state index is -2.93. The Morgan fingerprint density at radius 1 is 1.36 bits per heavy atom. The van der Waals surface area contributed by atoms with Crippen molar-refractivity contribution in [1.29, 1.82) is 0 Å². The highest BCUT2D eigenvalue weighted by Crippen LogP contribution is 2.17. The first kappa shape index (κ1) is 11.7. The van der Waals surface area contributed by atoms with E-state index < -0.39 is 9.84 Å². The van der Waals surface area contributed by atoms with Gasteiger partial charge in [-0.1, -0.05) is 0 Å². The average Bonchev–Trinajstić information content (AvgIpc) is 2.06. The van der Waals surface area contributed by atoms with Crippen LogP contribution in [0.5, 0.6) is 0 Å². The van der Waals surface area contributed by atoms with Crippen molar-refractivity contribution in [3.05, 3.63) is 0 Å². The van der Waals surface area contributed by atoms with Gasteiger partial charge in [-0.3, -0.25) is 4.79 Å². The number of hydrogen-bond acceptors (Lipinski definition) is 4. The molecule has 0 aromatic heterocycles. The Balaban J connectivity index is 2.17. The second kappa shape index (κ2) is 4.89. The Hall–Kier alpha value is -0.420. The predicted octanol–water partition coefficient (Wildman–Crippen LogP) is 0.559. The number of sulfone groups is 1. The molecule has 1 aliphatic carbocycles. The van der Waals surface area contributed by atoms with E-state index in [0.29, 0.717) is 12.8 Å². The first-order valence-corrected chi connectivity index (χ1v) is 6.84. The summed E-state index contributed by atoms with van der Waals surface area (Å²) < 4.78 is 27.0. The molecule has 4 nitrogen and oxygen atoms in total. The van der Waals surface area contributed by atoms with Crippen LogP contribution in [0.1, 0.15) is 25.7 Å². The smallest absolute Gasteiger partial charge is 0.149 e. The third-order valence-corrected chi connectivity index (χ3v) is 3.21. The van der Waals surface area contributed by atoms with E-state index in [1.807, 2.05) is 0 Å². The Labute approximate surface area is 84.6 Å². The molecule has 0 N–H and O–H groups in total. The highest BCUT2D eigenvalue weighted by molar-refractivity contribution is 7.90. The summed E-state index contributed by atoms with van der Waals surface area (Å²) >= 11 is 0. The highest BCUT2D eigenvalue weighted by atomic mass is 32.2. The fraction of sp³-hybridized carbons (Fsp3) is 0.889. The van der Waals surface area contributed by atoms with Gasteiger partial charge in [-0.25, -0.2) is 8.42 Å². The zero-order valence-electron chi connectivity index (χ0n) is 8.36. The van der Waals surface area contributed by atoms with E-state index in [-0.39, 0.29) is 24.2 Å². The molecule has 14 heavy (non-hydrogen) atoms. The maximum atomic E-state index is 10.9. The summed E-state index contributed by atoms with van der Waals surface area (Å²) in [5, 5.41) is 0. The summed E-state index contributed by atoms with van der Waals surface area (Å²) in [6.07, 6.45) is 3.90. The Morgan fingerprint density at radius 2 is 1.93 bits per heavy atom. The highest BCUT2D eigenvalue weighted by Gasteiger charge is 2.19. The maximum Gasteiger partial charge on any atom is 0.149 e. The molecule has 5 heteroatoms. The van der Waals surface area contributed by atoms with Crippen LogP contribution in [0, 0.1) is 0 Å². The van der Waals surface area contributed by atoms with Crippen LogP contribution in [0.2, 0.25) is 0 Å². The first-order chi connectivity index (χ1) is 6.47. The number of carbonyl (C=O) groups excluding carboxylic acids is 1. The van der Waals surface area contributed by atoms with Gasteiger partial charge in [0.2, 0.25) is 0 Å². The number of ketones is 1. The molecule has 1 rings (SSSR count). The van der Waals surface area contributed by atoms with Gasteiger partial charge in [-0.2, -0.15) is 0 Å². The standard InChI is InChI=1S/C9H16O4S/c1-14(11,12)7-6-13-9-4-2-8(10)3-5-9/h9H,2-7H2,1H3. The third kappa shape index (κ3) is 4.72. The summed E-state index contributed by atoms with van der Waals surface area (Å²) in [6, 6.07) is 0. The SMILES string of the molecule is CS(=O)(=O)CCOC1CCC(=O)CC1. The van der Waals surface area contributed by atoms with E-state index in [0.717, 1.165) is 12.8 Å². The number of rotatable bonds is 4. The summed E-state index contributed by atoms with van der Waals surface area (Å²) in [4.78, 5) is 10.9. The molecule has 0 bridgehead atoms. The van der Waals surface area contributed by atoms with Crippen LogP contribution in [0.3, 0.4) is 0 Å². The lowest BCUT2D eigenvalue weighted by Gasteiger charge is -2.20. The van der Waals surface area contributed by atoms with Crippen molar-refractivity contribution >= 4 is 15.6 Å². The van der Waals surface area contributed by atoms with Gasteiger partial charge >= 0.3 is 0 Å². The molecule has 0 heterocycles. The molecule has 0 atom stereocenters. The quantitative estimate of drug-likeness (QED) is 0.694. The largest absolute Gasteiger partial charge is 0.377 e. The van der Waals surface area contributed by atoms with Crippen LogP contribution >= 0.6 is 0 Å². The molecule has 0 amide bonds. The fourth-order valence-electron chi connectivity index (χ4n) is 1.45. The van der Waals surface area contributed by atoms with E-state index in [1.165, 1.54) is 6.26 Å². The molecule has 0 unspecified atom stereocenters. The van der Waals surface area contributed by atoms with Gasteiger partial charge in [0.25, 0.3) is 0 Å². The molecule has 0 radical (unpaired) electrons. The van der Waals surface area contributed by atoms with E-state index in [1.54, 1.807) is 0 Å². The zero-order valence-corrected chi connectivity index (χ0v) is 9.18. The third-order valence-electron chi connectivity index (χ3n) is 2.30. The van der Waals surface area contributed by atoms with Gasteiger partial charge in [0.15, 0.2) is 0 Å². The van der Waals surface area contributed by atoms with Crippen LogP contribution in [-0.4, -0.2) is 38.9 Å². The lowest BCUT2D eigenvalue weighted by molar-refractivity contribution is -0.122. The summed E-state index contributed by atoms with van der Waals surface area (Å²) in [5.41, 5.74) is 0. The molecule has 82 valence electrons.